The zero-order valence-electron chi connectivity index (χ0n) is 37.7. The zero-order chi connectivity index (χ0) is 43.0. The molecule has 1 N–H and O–H groups in total. The Hall–Kier alpha value is -1.44. The van der Waals surface area contributed by atoms with E-state index in [-0.39, 0.29) is 56.4 Å². The van der Waals surface area contributed by atoms with Crippen molar-refractivity contribution in [2.24, 2.45) is 11.8 Å². The molecule has 0 aromatic heterocycles. The van der Waals surface area contributed by atoms with Gasteiger partial charge in [0.1, 0.15) is 31.5 Å². The van der Waals surface area contributed by atoms with Gasteiger partial charge in [0.2, 0.25) is 0 Å². The van der Waals surface area contributed by atoms with Crippen molar-refractivity contribution in [3.05, 3.63) is 36.5 Å². The van der Waals surface area contributed by atoms with E-state index in [1.165, 1.54) is 64.2 Å². The summed E-state index contributed by atoms with van der Waals surface area (Å²) < 4.78 is 34.7. The summed E-state index contributed by atoms with van der Waals surface area (Å²) in [5, 5.41) is 9.36. The van der Waals surface area contributed by atoms with Gasteiger partial charge in [0.25, 0.3) is 7.82 Å². The second-order valence-electron chi connectivity index (χ2n) is 17.6. The molecule has 12 nitrogen and oxygen atoms in total. The Morgan fingerprint density at radius 2 is 1.39 bits per heavy atom. The van der Waals surface area contributed by atoms with Gasteiger partial charge < -0.3 is 27.9 Å². The minimum absolute atomic E-state index is 0.00269. The van der Waals surface area contributed by atoms with Crippen molar-refractivity contribution in [1.82, 2.24) is 0 Å². The van der Waals surface area contributed by atoms with Crippen molar-refractivity contribution in [2.45, 2.75) is 186 Å². The third-order valence-corrected chi connectivity index (χ3v) is 12.1. The lowest BCUT2D eigenvalue weighted by Crippen LogP contribution is -2.37. The first-order chi connectivity index (χ1) is 28.5. The lowest BCUT2D eigenvalue weighted by Gasteiger charge is -2.28. The summed E-state index contributed by atoms with van der Waals surface area (Å²) in [4.78, 5) is 41.1. The highest BCUT2D eigenvalue weighted by atomic mass is 31.2. The molecule has 2 aliphatic rings. The summed E-state index contributed by atoms with van der Waals surface area (Å²) in [5.41, 5.74) is 0. The molecular formula is C46H84NO11P. The number of phosphoric acid groups is 1. The highest BCUT2D eigenvalue weighted by Crippen LogP contribution is 2.45. The molecule has 0 aromatic carbocycles. The molecule has 1 aliphatic heterocycles. The number of quaternary nitrogens is 1. The van der Waals surface area contributed by atoms with Gasteiger partial charge >= 0.3 is 5.97 Å². The van der Waals surface area contributed by atoms with E-state index in [4.69, 9.17) is 33.2 Å². The summed E-state index contributed by atoms with van der Waals surface area (Å²) in [6.07, 6.45) is 36.0. The molecule has 0 amide bonds. The van der Waals surface area contributed by atoms with Crippen LogP contribution in [-0.4, -0.2) is 94.2 Å². The number of carbonyl (C=O) groups excluding carboxylic acids is 1. The first-order valence-electron chi connectivity index (χ1n) is 23.3. The first-order valence-corrected chi connectivity index (χ1v) is 24.7. The summed E-state index contributed by atoms with van der Waals surface area (Å²) in [7, 11) is 1.25. The third-order valence-electron chi connectivity index (χ3n) is 11.1. The number of allylic oxidation sites excluding steroid dienone is 4. The molecule has 0 radical (unpaired) electrons. The fourth-order valence-corrected chi connectivity index (χ4v) is 8.18. The van der Waals surface area contributed by atoms with E-state index in [2.05, 4.69) is 44.2 Å². The molecule has 59 heavy (non-hydrogen) atoms. The van der Waals surface area contributed by atoms with Gasteiger partial charge in [-0.1, -0.05) is 127 Å². The summed E-state index contributed by atoms with van der Waals surface area (Å²) in [6.45, 7) is 5.07. The van der Waals surface area contributed by atoms with Crippen LogP contribution in [0.15, 0.2) is 36.5 Å². The molecule has 2 bridgehead atoms. The minimum atomic E-state index is -4.58. The predicted octanol–water partition coefficient (Wildman–Crippen LogP) is 10.6. The number of carbonyl (C=O) groups is 1. The Kier molecular flexibility index (Phi) is 30.2. The fourth-order valence-electron chi connectivity index (χ4n) is 7.45. The van der Waals surface area contributed by atoms with Crippen LogP contribution in [-0.2, 0) is 42.5 Å². The van der Waals surface area contributed by atoms with Gasteiger partial charge in [-0.05, 0) is 57.8 Å². The van der Waals surface area contributed by atoms with Crippen LogP contribution >= 0.6 is 7.82 Å². The Labute approximate surface area is 358 Å². The molecule has 7 unspecified atom stereocenters. The monoisotopic (exact) mass is 858 g/mol. The quantitative estimate of drug-likeness (QED) is 0.0120. The molecule has 0 aromatic rings. The van der Waals surface area contributed by atoms with E-state index in [1.54, 1.807) is 0 Å². The van der Waals surface area contributed by atoms with Crippen LogP contribution in [0.3, 0.4) is 0 Å². The molecule has 1 heterocycles. The van der Waals surface area contributed by atoms with Crippen molar-refractivity contribution in [3.8, 4) is 0 Å². The number of likely N-dealkylation sites (N-methyl/N-ethyl adjacent to an activating group) is 1. The number of esters is 1. The summed E-state index contributed by atoms with van der Waals surface area (Å²) in [6, 6.07) is 0. The number of phosphoric ester groups is 1. The molecule has 2 fully saturated rings. The van der Waals surface area contributed by atoms with E-state index in [1.807, 2.05) is 27.2 Å². The second kappa shape index (κ2) is 33.2. The number of rotatable bonds is 39. The second-order valence-corrected chi connectivity index (χ2v) is 19.0. The highest BCUT2D eigenvalue weighted by Gasteiger charge is 2.49. The smallest absolute Gasteiger partial charge is 0.306 e. The molecule has 344 valence electrons. The number of fused-ring (bicyclic) bond motifs is 2. The maximum atomic E-state index is 12.9. The van der Waals surface area contributed by atoms with Crippen molar-refractivity contribution in [2.75, 3.05) is 54.1 Å². The van der Waals surface area contributed by atoms with Crippen LogP contribution in [0, 0.1) is 11.8 Å². The maximum Gasteiger partial charge on any atom is 0.306 e. The standard InChI is InChI=1S/C46H84NO11P/c1-6-8-10-11-12-13-14-15-16-17-18-19-20-21-24-28-35-52-38-41(39-54-59(50,51)53-36-34-47(3,4)5)55-46(48)31-27-23-22-26-30-42-43(45-37-44(42)57-58-45)33-32-40(56-49)29-25-9-7-2/h15-16,22,26,32-33,40-45H,6-14,17-21,23-25,27-31,34-39H2,1-5H3,(H-,49,50,51)/b16-15-,26-22-,33-32+. The van der Waals surface area contributed by atoms with Gasteiger partial charge in [0, 0.05) is 31.3 Å². The van der Waals surface area contributed by atoms with E-state index >= 15 is 0 Å². The van der Waals surface area contributed by atoms with Crippen molar-refractivity contribution in [1.29, 1.82) is 0 Å². The number of hydrogen-bond acceptors (Lipinski definition) is 11. The average Bonchev–Trinajstić information content (AvgIpc) is 3.81. The van der Waals surface area contributed by atoms with Gasteiger partial charge in [-0.2, -0.15) is 0 Å². The van der Waals surface area contributed by atoms with Crippen molar-refractivity contribution in [3.63, 3.8) is 0 Å². The minimum Gasteiger partial charge on any atom is -0.756 e. The maximum absolute atomic E-state index is 12.9. The Bertz CT molecular complexity index is 1190. The van der Waals surface area contributed by atoms with Gasteiger partial charge in [0.15, 0.2) is 0 Å². The van der Waals surface area contributed by atoms with Crippen LogP contribution in [0.1, 0.15) is 162 Å². The van der Waals surface area contributed by atoms with Crippen molar-refractivity contribution >= 4 is 13.8 Å². The molecule has 1 saturated carbocycles. The summed E-state index contributed by atoms with van der Waals surface area (Å²) >= 11 is 0. The molecule has 1 saturated heterocycles. The summed E-state index contributed by atoms with van der Waals surface area (Å²) in [5.74, 6) is 0.00305. The number of hydrogen-bond donors (Lipinski definition) is 1. The molecule has 7 atom stereocenters. The number of ether oxygens (including phenoxy) is 2. The molecule has 1 aliphatic carbocycles. The van der Waals surface area contributed by atoms with Crippen LogP contribution in [0.2, 0.25) is 0 Å². The average molecular weight is 858 g/mol. The first kappa shape index (κ1) is 53.7. The van der Waals surface area contributed by atoms with Crippen LogP contribution < -0.4 is 4.89 Å². The lowest BCUT2D eigenvalue weighted by molar-refractivity contribution is -0.870. The molecule has 13 heteroatoms. The van der Waals surface area contributed by atoms with Gasteiger partial charge in [0.05, 0.1) is 40.5 Å². The number of unbranched alkanes of at least 4 members (excludes halogenated alkanes) is 15. The molecule has 2 rings (SSSR count). The fraction of sp³-hybridized carbons (Fsp3) is 0.848. The van der Waals surface area contributed by atoms with Crippen LogP contribution in [0.4, 0.5) is 0 Å². The Balaban J connectivity index is 1.70. The van der Waals surface area contributed by atoms with E-state index < -0.39 is 19.9 Å². The van der Waals surface area contributed by atoms with E-state index in [0.29, 0.717) is 30.5 Å². The van der Waals surface area contributed by atoms with Gasteiger partial charge in [-0.15, -0.1) is 0 Å². The predicted molar refractivity (Wildman–Crippen MR) is 232 cm³/mol. The topological polar surface area (TPSA) is 142 Å². The molecular weight excluding hydrogens is 773 g/mol. The number of nitrogens with zero attached hydrogens (tertiary/aromatic N) is 1. The van der Waals surface area contributed by atoms with Gasteiger partial charge in [-0.3, -0.25) is 14.6 Å². The SMILES string of the molecule is CCCCCCCC/C=C\CCCCCCCCOCC(COP(=O)([O-])OCC[N+](C)(C)C)OC(=O)CCC/C=C\CC1C2CC(OO2)C1/C=C/C(CCCCC)OO. The Morgan fingerprint density at radius 1 is 0.780 bits per heavy atom. The normalized spacial score (nSPS) is 21.6. The Morgan fingerprint density at radius 3 is 2.07 bits per heavy atom. The highest BCUT2D eigenvalue weighted by molar-refractivity contribution is 7.45. The van der Waals surface area contributed by atoms with E-state index in [9.17, 15) is 19.5 Å². The zero-order valence-corrected chi connectivity index (χ0v) is 38.5. The largest absolute Gasteiger partial charge is 0.756 e. The van der Waals surface area contributed by atoms with Gasteiger partial charge in [-0.25, -0.2) is 14.7 Å². The molecule has 0 spiro atoms. The van der Waals surface area contributed by atoms with Crippen LogP contribution in [0.25, 0.3) is 0 Å². The third kappa shape index (κ3) is 27.3. The van der Waals surface area contributed by atoms with Crippen LogP contribution in [0.5, 0.6) is 0 Å². The van der Waals surface area contributed by atoms with Crippen molar-refractivity contribution < 1.29 is 57.2 Å². The lowest BCUT2D eigenvalue weighted by atomic mass is 9.89. The van der Waals surface area contributed by atoms with E-state index in [0.717, 1.165) is 64.2 Å².